The number of hydrogen-bond acceptors (Lipinski definition) is 5. The Hall–Kier alpha value is -3.12. The van der Waals surface area contributed by atoms with E-state index in [1.54, 1.807) is 19.4 Å². The average molecular weight is 396 g/mol. The zero-order chi connectivity index (χ0) is 19.8. The van der Waals surface area contributed by atoms with E-state index in [4.69, 9.17) is 21.1 Å². The fourth-order valence-corrected chi connectivity index (χ4v) is 3.70. The zero-order valence-corrected chi connectivity index (χ0v) is 16.4. The molecule has 4 rings (SSSR count). The molecule has 0 saturated carbocycles. The normalized spacial score (nSPS) is 11.1. The van der Waals surface area contributed by atoms with Crippen LogP contribution in [0.25, 0.3) is 27.5 Å². The highest BCUT2D eigenvalue weighted by Gasteiger charge is 2.20. The third kappa shape index (κ3) is 2.96. The summed E-state index contributed by atoms with van der Waals surface area (Å²) in [4.78, 5) is 12.0. The Morgan fingerprint density at radius 3 is 2.71 bits per heavy atom. The zero-order valence-electron chi connectivity index (χ0n) is 15.7. The molecule has 28 heavy (non-hydrogen) atoms. The van der Waals surface area contributed by atoms with Crippen molar-refractivity contribution in [3.63, 3.8) is 0 Å². The number of esters is 1. The van der Waals surface area contributed by atoms with Crippen molar-refractivity contribution in [1.82, 2.24) is 14.8 Å². The van der Waals surface area contributed by atoms with Gasteiger partial charge in [0.15, 0.2) is 0 Å². The fourth-order valence-electron chi connectivity index (χ4n) is 3.54. The predicted molar refractivity (Wildman–Crippen MR) is 108 cm³/mol. The molecule has 7 heteroatoms. The number of methoxy groups -OCH3 is 2. The lowest BCUT2D eigenvalue weighted by atomic mass is 10.1. The van der Waals surface area contributed by atoms with Crippen LogP contribution < -0.4 is 4.74 Å². The molecule has 0 bridgehead atoms. The Labute approximate surface area is 166 Å². The lowest BCUT2D eigenvalue weighted by Crippen LogP contribution is -2.06. The second-order valence-corrected chi connectivity index (χ2v) is 6.86. The number of carbonyl (C=O) groups excluding carboxylic acids is 1. The van der Waals surface area contributed by atoms with Crippen LogP contribution in [-0.2, 0) is 16.0 Å². The number of aromatic nitrogens is 3. The van der Waals surface area contributed by atoms with Crippen LogP contribution in [-0.4, -0.2) is 35.0 Å². The van der Waals surface area contributed by atoms with Gasteiger partial charge in [-0.15, -0.1) is 0 Å². The van der Waals surface area contributed by atoms with Gasteiger partial charge in [-0.25, -0.2) is 0 Å². The Kier molecular flexibility index (Phi) is 4.65. The van der Waals surface area contributed by atoms with Crippen LogP contribution in [0.2, 0.25) is 5.02 Å². The van der Waals surface area contributed by atoms with E-state index in [1.807, 2.05) is 37.3 Å². The molecule has 6 nitrogen and oxygen atoms in total. The lowest BCUT2D eigenvalue weighted by Gasteiger charge is -2.11. The molecule has 0 amide bonds. The van der Waals surface area contributed by atoms with Crippen molar-refractivity contribution in [3.05, 3.63) is 58.9 Å². The van der Waals surface area contributed by atoms with E-state index >= 15 is 0 Å². The Morgan fingerprint density at radius 1 is 1.14 bits per heavy atom. The van der Waals surface area contributed by atoms with Crippen molar-refractivity contribution in [2.45, 2.75) is 13.3 Å². The van der Waals surface area contributed by atoms with Gasteiger partial charge in [0.2, 0.25) is 0 Å². The van der Waals surface area contributed by atoms with Crippen molar-refractivity contribution in [2.24, 2.45) is 0 Å². The molecule has 142 valence electrons. The molecule has 0 unspecified atom stereocenters. The Balaban J connectivity index is 2.05. The predicted octanol–water partition coefficient (Wildman–Crippen LogP) is 4.26. The molecular formula is C21H18ClN3O3. The number of nitrogens with zero attached hydrogens (tertiary/aromatic N) is 3. The highest BCUT2D eigenvalue weighted by atomic mass is 35.5. The van der Waals surface area contributed by atoms with Crippen LogP contribution in [0, 0.1) is 6.92 Å². The maximum absolute atomic E-state index is 12.0. The van der Waals surface area contributed by atoms with Gasteiger partial charge in [0, 0.05) is 21.5 Å². The minimum atomic E-state index is -0.297. The van der Waals surface area contributed by atoms with Gasteiger partial charge in [0.25, 0.3) is 0 Å². The molecule has 0 spiro atoms. The molecule has 2 aromatic carbocycles. The number of benzene rings is 2. The smallest absolute Gasteiger partial charge is 0.310 e. The van der Waals surface area contributed by atoms with Crippen LogP contribution in [0.15, 0.2) is 42.6 Å². The molecule has 2 heterocycles. The van der Waals surface area contributed by atoms with Crippen LogP contribution in [0.4, 0.5) is 0 Å². The van der Waals surface area contributed by atoms with Gasteiger partial charge in [-0.05, 0) is 48.9 Å². The maximum Gasteiger partial charge on any atom is 0.310 e. The maximum atomic E-state index is 12.0. The first kappa shape index (κ1) is 18.3. The van der Waals surface area contributed by atoms with Crippen molar-refractivity contribution in [3.8, 4) is 11.4 Å². The molecular weight excluding hydrogens is 378 g/mol. The first-order chi connectivity index (χ1) is 13.5. The molecule has 0 saturated heterocycles. The van der Waals surface area contributed by atoms with E-state index in [0.717, 1.165) is 39.0 Å². The molecule has 0 fully saturated rings. The fraction of sp³-hybridized carbons (Fsp3) is 0.190. The van der Waals surface area contributed by atoms with Gasteiger partial charge in [0.05, 0.1) is 43.6 Å². The summed E-state index contributed by atoms with van der Waals surface area (Å²) in [6, 6.07) is 11.3. The number of ether oxygens (including phenoxy) is 2. The summed E-state index contributed by atoms with van der Waals surface area (Å²) in [5.41, 5.74) is 4.33. The molecule has 0 radical (unpaired) electrons. The Bertz CT molecular complexity index is 1220. The van der Waals surface area contributed by atoms with E-state index in [0.29, 0.717) is 10.5 Å². The van der Waals surface area contributed by atoms with Gasteiger partial charge in [-0.2, -0.15) is 10.2 Å². The van der Waals surface area contributed by atoms with Crippen LogP contribution in [0.5, 0.6) is 5.75 Å². The largest absolute Gasteiger partial charge is 0.497 e. The average Bonchev–Trinajstić information content (AvgIpc) is 2.97. The van der Waals surface area contributed by atoms with Gasteiger partial charge < -0.3 is 14.0 Å². The molecule has 0 aliphatic carbocycles. The number of fused-ring (bicyclic) bond motifs is 2. The number of carbonyl (C=O) groups is 1. The van der Waals surface area contributed by atoms with Crippen molar-refractivity contribution in [2.75, 3.05) is 14.2 Å². The van der Waals surface area contributed by atoms with E-state index in [-0.39, 0.29) is 12.4 Å². The Morgan fingerprint density at radius 2 is 1.96 bits per heavy atom. The van der Waals surface area contributed by atoms with Gasteiger partial charge in [-0.3, -0.25) is 4.79 Å². The minimum Gasteiger partial charge on any atom is -0.497 e. The van der Waals surface area contributed by atoms with E-state index in [2.05, 4.69) is 14.8 Å². The summed E-state index contributed by atoms with van der Waals surface area (Å²) in [6.45, 7) is 1.98. The SMILES string of the molecule is COC(=O)Cc1c(C)n(-c2cnnc3cc(Cl)ccc23)c2ccc(OC)cc12. The molecule has 0 atom stereocenters. The monoisotopic (exact) mass is 395 g/mol. The number of rotatable bonds is 4. The second kappa shape index (κ2) is 7.13. The van der Waals surface area contributed by atoms with E-state index < -0.39 is 0 Å². The molecule has 0 aliphatic rings. The van der Waals surface area contributed by atoms with Gasteiger partial charge in [-0.1, -0.05) is 11.6 Å². The van der Waals surface area contributed by atoms with Crippen LogP contribution in [0.3, 0.4) is 0 Å². The first-order valence-corrected chi connectivity index (χ1v) is 9.07. The third-order valence-corrected chi connectivity index (χ3v) is 5.15. The van der Waals surface area contributed by atoms with E-state index in [9.17, 15) is 4.79 Å². The van der Waals surface area contributed by atoms with Crippen LogP contribution >= 0.6 is 11.6 Å². The van der Waals surface area contributed by atoms with Gasteiger partial charge in [0.1, 0.15) is 5.75 Å². The van der Waals surface area contributed by atoms with Gasteiger partial charge >= 0.3 is 5.97 Å². The van der Waals surface area contributed by atoms with E-state index in [1.165, 1.54) is 7.11 Å². The summed E-state index contributed by atoms with van der Waals surface area (Å²) in [5.74, 6) is 0.426. The highest BCUT2D eigenvalue weighted by Crippen LogP contribution is 2.34. The minimum absolute atomic E-state index is 0.168. The first-order valence-electron chi connectivity index (χ1n) is 8.69. The topological polar surface area (TPSA) is 66.2 Å². The molecule has 0 N–H and O–H groups in total. The summed E-state index contributed by atoms with van der Waals surface area (Å²) in [7, 11) is 3.01. The van der Waals surface area contributed by atoms with Crippen molar-refractivity contribution >= 4 is 39.4 Å². The summed E-state index contributed by atoms with van der Waals surface area (Å²) < 4.78 is 12.4. The quantitative estimate of drug-likeness (QED) is 0.483. The number of hydrogen-bond donors (Lipinski definition) is 0. The van der Waals surface area contributed by atoms with Crippen molar-refractivity contribution < 1.29 is 14.3 Å². The lowest BCUT2D eigenvalue weighted by molar-refractivity contribution is -0.139. The standard InChI is InChI=1S/C21H18ClN3O3/c1-12-16(10-21(26)28-3)17-9-14(27-2)5-7-19(17)25(12)20-11-23-24-18-8-13(22)4-6-15(18)20/h4-9,11H,10H2,1-3H3. The van der Waals surface area contributed by atoms with Crippen molar-refractivity contribution in [1.29, 1.82) is 0 Å². The third-order valence-electron chi connectivity index (χ3n) is 4.91. The second-order valence-electron chi connectivity index (χ2n) is 6.43. The number of halogens is 1. The molecule has 0 aliphatic heterocycles. The summed E-state index contributed by atoms with van der Waals surface area (Å²) >= 11 is 6.11. The summed E-state index contributed by atoms with van der Waals surface area (Å²) in [6.07, 6.45) is 1.89. The molecule has 4 aromatic rings. The molecule has 2 aromatic heterocycles. The van der Waals surface area contributed by atoms with Crippen LogP contribution in [0.1, 0.15) is 11.3 Å². The highest BCUT2D eigenvalue weighted by molar-refractivity contribution is 6.31. The summed E-state index contributed by atoms with van der Waals surface area (Å²) in [5, 5.41) is 10.8.